The van der Waals surface area contributed by atoms with Crippen LogP contribution in [0.5, 0.6) is 0 Å². The molecule has 0 spiro atoms. The third-order valence-corrected chi connectivity index (χ3v) is 4.47. The second-order valence-electron chi connectivity index (χ2n) is 6.31. The standard InChI is InChI=1S/C18H22N4O4/c1-21-11-15(10-20-21)22-14(7-8-16(22)17(23)24)9-19-18(25)26-12-13-5-3-2-4-6-13/h2-6,10-11,14,16H,7-9,12H2,1H3,(H,19,25)(H,23,24)/t14-,16+/m1/s1. The first kappa shape index (κ1) is 17.8. The summed E-state index contributed by atoms with van der Waals surface area (Å²) in [5.41, 5.74) is 1.65. The van der Waals surface area contributed by atoms with Crippen molar-refractivity contribution in [1.29, 1.82) is 0 Å². The van der Waals surface area contributed by atoms with Crippen LogP contribution in [0.2, 0.25) is 0 Å². The van der Waals surface area contributed by atoms with Crippen LogP contribution in [0.3, 0.4) is 0 Å². The molecular formula is C18H22N4O4. The van der Waals surface area contributed by atoms with E-state index >= 15 is 0 Å². The zero-order valence-corrected chi connectivity index (χ0v) is 14.5. The van der Waals surface area contributed by atoms with E-state index in [2.05, 4.69) is 10.4 Å². The van der Waals surface area contributed by atoms with E-state index in [-0.39, 0.29) is 12.6 Å². The summed E-state index contributed by atoms with van der Waals surface area (Å²) < 4.78 is 6.84. The van der Waals surface area contributed by atoms with Gasteiger partial charge < -0.3 is 20.1 Å². The Morgan fingerprint density at radius 2 is 2.08 bits per heavy atom. The Bertz CT molecular complexity index is 762. The summed E-state index contributed by atoms with van der Waals surface area (Å²) in [5.74, 6) is -0.872. The first-order valence-electron chi connectivity index (χ1n) is 8.49. The highest BCUT2D eigenvalue weighted by Gasteiger charge is 2.38. The fourth-order valence-corrected chi connectivity index (χ4v) is 3.23. The van der Waals surface area contributed by atoms with Gasteiger partial charge in [-0.15, -0.1) is 0 Å². The number of hydrogen-bond acceptors (Lipinski definition) is 5. The molecule has 0 bridgehead atoms. The van der Waals surface area contributed by atoms with Crippen molar-refractivity contribution < 1.29 is 19.4 Å². The van der Waals surface area contributed by atoms with Crippen LogP contribution < -0.4 is 10.2 Å². The van der Waals surface area contributed by atoms with Gasteiger partial charge in [0.25, 0.3) is 0 Å². The van der Waals surface area contributed by atoms with Crippen LogP contribution in [0, 0.1) is 0 Å². The van der Waals surface area contributed by atoms with Crippen molar-refractivity contribution in [3.8, 4) is 0 Å². The molecule has 1 aromatic carbocycles. The average Bonchev–Trinajstić information content (AvgIpc) is 3.24. The number of aryl methyl sites for hydroxylation is 1. The van der Waals surface area contributed by atoms with Crippen molar-refractivity contribution in [2.45, 2.75) is 31.5 Å². The summed E-state index contributed by atoms with van der Waals surface area (Å²) in [7, 11) is 1.78. The van der Waals surface area contributed by atoms with E-state index < -0.39 is 18.1 Å². The highest BCUT2D eigenvalue weighted by atomic mass is 16.5. The minimum absolute atomic E-state index is 0.121. The number of aromatic nitrogens is 2. The Balaban J connectivity index is 1.57. The number of ether oxygens (including phenoxy) is 1. The van der Waals surface area contributed by atoms with Gasteiger partial charge in [-0.05, 0) is 18.4 Å². The highest BCUT2D eigenvalue weighted by Crippen LogP contribution is 2.30. The van der Waals surface area contributed by atoms with E-state index in [0.29, 0.717) is 19.4 Å². The average molecular weight is 358 g/mol. The number of rotatable bonds is 6. The number of anilines is 1. The van der Waals surface area contributed by atoms with Gasteiger partial charge in [-0.2, -0.15) is 5.10 Å². The van der Waals surface area contributed by atoms with E-state index in [9.17, 15) is 14.7 Å². The smallest absolute Gasteiger partial charge is 0.407 e. The maximum Gasteiger partial charge on any atom is 0.407 e. The summed E-state index contributed by atoms with van der Waals surface area (Å²) in [4.78, 5) is 25.3. The van der Waals surface area contributed by atoms with Crippen molar-refractivity contribution in [3.05, 3.63) is 48.3 Å². The molecule has 8 nitrogen and oxygen atoms in total. The summed E-state index contributed by atoms with van der Waals surface area (Å²) in [6.45, 7) is 0.508. The number of carboxylic acid groups (broad SMARTS) is 1. The molecule has 1 aliphatic rings. The first-order chi connectivity index (χ1) is 12.5. The van der Waals surface area contributed by atoms with Crippen molar-refractivity contribution >= 4 is 17.7 Å². The Morgan fingerprint density at radius 1 is 1.31 bits per heavy atom. The van der Waals surface area contributed by atoms with Gasteiger partial charge >= 0.3 is 12.1 Å². The fraction of sp³-hybridized carbons (Fsp3) is 0.389. The molecule has 1 fully saturated rings. The lowest BCUT2D eigenvalue weighted by Gasteiger charge is -2.29. The summed E-state index contributed by atoms with van der Waals surface area (Å²) in [6, 6.07) is 8.68. The van der Waals surface area contributed by atoms with Gasteiger partial charge in [0.05, 0.1) is 11.9 Å². The van der Waals surface area contributed by atoms with E-state index in [1.165, 1.54) is 0 Å². The van der Waals surface area contributed by atoms with Crippen molar-refractivity contribution in [2.24, 2.45) is 7.05 Å². The SMILES string of the molecule is Cn1cc(N2[C@@H](CNC(=O)OCc3ccccc3)CC[C@H]2C(=O)O)cn1. The van der Waals surface area contributed by atoms with Crippen LogP contribution in [0.15, 0.2) is 42.7 Å². The monoisotopic (exact) mass is 358 g/mol. The third-order valence-electron chi connectivity index (χ3n) is 4.47. The largest absolute Gasteiger partial charge is 0.480 e. The molecule has 3 rings (SSSR count). The molecule has 26 heavy (non-hydrogen) atoms. The molecule has 0 aliphatic carbocycles. The zero-order valence-electron chi connectivity index (χ0n) is 14.5. The minimum atomic E-state index is -0.872. The van der Waals surface area contributed by atoms with Crippen LogP contribution in [0.25, 0.3) is 0 Å². The molecule has 138 valence electrons. The zero-order chi connectivity index (χ0) is 18.5. The van der Waals surface area contributed by atoms with Crippen LogP contribution >= 0.6 is 0 Å². The molecule has 8 heteroatoms. The van der Waals surface area contributed by atoms with Gasteiger partial charge in [-0.1, -0.05) is 30.3 Å². The number of amides is 1. The second-order valence-corrected chi connectivity index (χ2v) is 6.31. The molecule has 1 aliphatic heterocycles. The summed E-state index contributed by atoms with van der Waals surface area (Å²) in [5, 5.41) is 16.3. The van der Waals surface area contributed by atoms with Crippen LogP contribution in [0.1, 0.15) is 18.4 Å². The number of carbonyl (C=O) groups is 2. The molecule has 1 amide bonds. The third kappa shape index (κ3) is 4.14. The van der Waals surface area contributed by atoms with Crippen molar-refractivity contribution in [3.63, 3.8) is 0 Å². The molecule has 2 aromatic rings. The van der Waals surface area contributed by atoms with Crippen molar-refractivity contribution in [2.75, 3.05) is 11.4 Å². The first-order valence-corrected chi connectivity index (χ1v) is 8.49. The molecule has 0 radical (unpaired) electrons. The molecule has 2 atom stereocenters. The van der Waals surface area contributed by atoms with Crippen LogP contribution in [-0.4, -0.2) is 45.6 Å². The number of nitrogens with one attached hydrogen (secondary N) is 1. The predicted octanol–water partition coefficient (Wildman–Crippen LogP) is 1.77. The molecule has 1 saturated heterocycles. The molecule has 2 heterocycles. The lowest BCUT2D eigenvalue weighted by atomic mass is 10.2. The summed E-state index contributed by atoms with van der Waals surface area (Å²) >= 11 is 0. The number of benzene rings is 1. The Hall–Kier alpha value is -3.03. The molecule has 0 unspecified atom stereocenters. The Kier molecular flexibility index (Phi) is 5.40. The number of carboxylic acids is 1. The number of hydrogen-bond donors (Lipinski definition) is 2. The van der Waals surface area contributed by atoms with Gasteiger partial charge in [0.1, 0.15) is 12.6 Å². The van der Waals surface area contributed by atoms with Crippen molar-refractivity contribution in [1.82, 2.24) is 15.1 Å². The minimum Gasteiger partial charge on any atom is -0.480 e. The lowest BCUT2D eigenvalue weighted by molar-refractivity contribution is -0.138. The Morgan fingerprint density at radius 3 is 2.73 bits per heavy atom. The molecule has 2 N–H and O–H groups in total. The van der Waals surface area contributed by atoms with Crippen LogP contribution in [-0.2, 0) is 23.2 Å². The molecule has 0 saturated carbocycles. The lowest BCUT2D eigenvalue weighted by Crippen LogP contribution is -2.46. The van der Waals surface area contributed by atoms with E-state index in [0.717, 1.165) is 11.3 Å². The molecule has 1 aromatic heterocycles. The summed E-state index contributed by atoms with van der Waals surface area (Å²) in [6.07, 6.45) is 4.10. The molecular weight excluding hydrogens is 336 g/mol. The van der Waals surface area contributed by atoms with E-state index in [4.69, 9.17) is 4.74 Å². The second kappa shape index (κ2) is 7.90. The fourth-order valence-electron chi connectivity index (χ4n) is 3.23. The van der Waals surface area contributed by atoms with Gasteiger partial charge in [-0.3, -0.25) is 4.68 Å². The highest BCUT2D eigenvalue weighted by molar-refractivity contribution is 5.79. The van der Waals surface area contributed by atoms with Gasteiger partial charge in [-0.25, -0.2) is 9.59 Å². The van der Waals surface area contributed by atoms with E-state index in [1.807, 2.05) is 35.2 Å². The number of nitrogens with zero attached hydrogens (tertiary/aromatic N) is 3. The van der Waals surface area contributed by atoms with Gasteiger partial charge in [0, 0.05) is 25.8 Å². The van der Waals surface area contributed by atoms with Crippen LogP contribution in [0.4, 0.5) is 10.5 Å². The van der Waals surface area contributed by atoms with Gasteiger partial charge in [0.2, 0.25) is 0 Å². The number of alkyl carbamates (subject to hydrolysis) is 1. The number of aliphatic carboxylic acids is 1. The Labute approximate surface area is 151 Å². The maximum atomic E-state index is 12.0. The predicted molar refractivity (Wildman–Crippen MR) is 94.8 cm³/mol. The quantitative estimate of drug-likeness (QED) is 0.817. The normalized spacial score (nSPS) is 19.3. The maximum absolute atomic E-state index is 12.0. The topological polar surface area (TPSA) is 96.7 Å². The van der Waals surface area contributed by atoms with Gasteiger partial charge in [0.15, 0.2) is 0 Å². The van der Waals surface area contributed by atoms with E-state index in [1.54, 1.807) is 24.1 Å². The number of carbonyl (C=O) groups excluding carboxylic acids is 1.